The Kier molecular flexibility index (Phi) is 2.31. The summed E-state index contributed by atoms with van der Waals surface area (Å²) in [4.78, 5) is 10.5. The van der Waals surface area contributed by atoms with Crippen molar-refractivity contribution >= 4 is 5.97 Å². The van der Waals surface area contributed by atoms with Crippen LogP contribution in [0.2, 0.25) is 0 Å². The Morgan fingerprint density at radius 3 is 3.00 bits per heavy atom. The van der Waals surface area contributed by atoms with Gasteiger partial charge >= 0.3 is 5.97 Å². The topological polar surface area (TPSA) is 35.5 Å². The van der Waals surface area contributed by atoms with Gasteiger partial charge in [-0.2, -0.15) is 0 Å². The highest BCUT2D eigenvalue weighted by atomic mass is 16.7. The Morgan fingerprint density at radius 1 is 1.73 bits per heavy atom. The van der Waals surface area contributed by atoms with Gasteiger partial charge in [-0.05, 0) is 13.0 Å². The van der Waals surface area contributed by atoms with Crippen LogP contribution in [0.1, 0.15) is 13.8 Å². The third-order valence-electron chi connectivity index (χ3n) is 1.28. The van der Waals surface area contributed by atoms with Crippen molar-refractivity contribution in [2.45, 2.75) is 20.1 Å². The number of hydrogen-bond donors (Lipinski definition) is 0. The smallest absolute Gasteiger partial charge is 0.305 e. The minimum Gasteiger partial charge on any atom is -0.459 e. The molecule has 3 heteroatoms. The molecule has 1 aliphatic heterocycles. The molecule has 11 heavy (non-hydrogen) atoms. The van der Waals surface area contributed by atoms with Gasteiger partial charge in [0.15, 0.2) is 0 Å². The maximum Gasteiger partial charge on any atom is 0.305 e. The summed E-state index contributed by atoms with van der Waals surface area (Å²) in [5, 5.41) is 0. The van der Waals surface area contributed by atoms with Gasteiger partial charge in [-0.3, -0.25) is 4.79 Å². The molecule has 1 heterocycles. The molecular formula is C8H10O3. The Balaban J connectivity index is 2.54. The first-order valence-corrected chi connectivity index (χ1v) is 3.36. The van der Waals surface area contributed by atoms with E-state index in [1.807, 2.05) is 13.0 Å². The Morgan fingerprint density at radius 2 is 2.45 bits per heavy atom. The molecule has 0 aromatic carbocycles. The van der Waals surface area contributed by atoms with Crippen molar-refractivity contribution in [1.82, 2.24) is 0 Å². The zero-order chi connectivity index (χ0) is 8.27. The average molecular weight is 154 g/mol. The van der Waals surface area contributed by atoms with Crippen LogP contribution in [0.25, 0.3) is 0 Å². The first-order chi connectivity index (χ1) is 5.20. The van der Waals surface area contributed by atoms with E-state index in [2.05, 4.69) is 0 Å². The van der Waals surface area contributed by atoms with Gasteiger partial charge < -0.3 is 9.47 Å². The number of carbonyl (C=O) groups is 1. The van der Waals surface area contributed by atoms with E-state index in [1.54, 1.807) is 6.08 Å². The number of hydrogen-bond acceptors (Lipinski definition) is 3. The average Bonchev–Trinajstić information content (AvgIpc) is 1.93. The normalized spacial score (nSPS) is 22.0. The zero-order valence-corrected chi connectivity index (χ0v) is 6.53. The van der Waals surface area contributed by atoms with Gasteiger partial charge in [-0.15, -0.1) is 0 Å². The molecule has 60 valence electrons. The van der Waals surface area contributed by atoms with Gasteiger partial charge in [-0.25, -0.2) is 0 Å². The first kappa shape index (κ1) is 7.85. The molecule has 0 N–H and O–H groups in total. The van der Waals surface area contributed by atoms with Crippen LogP contribution in [-0.4, -0.2) is 12.3 Å². The molecule has 0 aromatic rings. The lowest BCUT2D eigenvalue weighted by Crippen LogP contribution is -2.20. The van der Waals surface area contributed by atoms with Crippen LogP contribution < -0.4 is 0 Å². The highest BCUT2D eigenvalue weighted by Crippen LogP contribution is 2.12. The van der Waals surface area contributed by atoms with Crippen LogP contribution in [0, 0.1) is 0 Å². The van der Waals surface area contributed by atoms with Gasteiger partial charge in [-0.1, -0.05) is 6.08 Å². The molecule has 0 aliphatic carbocycles. The predicted octanol–water partition coefficient (Wildman–Crippen LogP) is 1.37. The van der Waals surface area contributed by atoms with Crippen LogP contribution in [-0.2, 0) is 14.3 Å². The van der Waals surface area contributed by atoms with Crippen molar-refractivity contribution in [3.8, 4) is 0 Å². The fraction of sp³-hybridized carbons (Fsp3) is 0.375. The minimum atomic E-state index is -0.530. The molecule has 1 aliphatic rings. The van der Waals surface area contributed by atoms with E-state index in [0.717, 1.165) is 5.57 Å². The lowest BCUT2D eigenvalue weighted by Gasteiger charge is -2.18. The largest absolute Gasteiger partial charge is 0.459 e. The summed E-state index contributed by atoms with van der Waals surface area (Å²) in [6.07, 6.45) is 4.57. The molecule has 1 atom stereocenters. The lowest BCUT2D eigenvalue weighted by atomic mass is 10.2. The maximum atomic E-state index is 10.5. The molecule has 0 bridgehead atoms. The number of ether oxygens (including phenoxy) is 2. The van der Waals surface area contributed by atoms with Gasteiger partial charge in [0.1, 0.15) is 0 Å². The summed E-state index contributed by atoms with van der Waals surface area (Å²) in [6, 6.07) is 0. The quantitative estimate of drug-likeness (QED) is 0.535. The summed E-state index contributed by atoms with van der Waals surface area (Å²) in [5.41, 5.74) is 0.891. The molecule has 0 fully saturated rings. The van der Waals surface area contributed by atoms with Gasteiger partial charge in [0.25, 0.3) is 6.29 Å². The van der Waals surface area contributed by atoms with Gasteiger partial charge in [0, 0.05) is 12.5 Å². The summed E-state index contributed by atoms with van der Waals surface area (Å²) >= 11 is 0. The van der Waals surface area contributed by atoms with E-state index in [9.17, 15) is 4.79 Å². The van der Waals surface area contributed by atoms with Crippen LogP contribution in [0.3, 0.4) is 0 Å². The Bertz CT molecular complexity index is 215. The van der Waals surface area contributed by atoms with E-state index in [1.165, 1.54) is 13.2 Å². The molecule has 1 unspecified atom stereocenters. The van der Waals surface area contributed by atoms with E-state index in [-0.39, 0.29) is 5.97 Å². The first-order valence-electron chi connectivity index (χ1n) is 3.36. The zero-order valence-electron chi connectivity index (χ0n) is 6.53. The van der Waals surface area contributed by atoms with Crippen molar-refractivity contribution in [3.63, 3.8) is 0 Å². The van der Waals surface area contributed by atoms with Crippen molar-refractivity contribution in [1.29, 1.82) is 0 Å². The van der Waals surface area contributed by atoms with Crippen molar-refractivity contribution < 1.29 is 14.3 Å². The van der Waals surface area contributed by atoms with Crippen LogP contribution in [0.4, 0.5) is 0 Å². The standard InChI is InChI=1S/C8H10O3/c1-6-4-3-5-10-8(6)11-7(2)9/h3-5,8H,1-2H3. The maximum absolute atomic E-state index is 10.5. The molecule has 0 radical (unpaired) electrons. The van der Waals surface area contributed by atoms with Crippen molar-refractivity contribution in [2.75, 3.05) is 0 Å². The summed E-state index contributed by atoms with van der Waals surface area (Å²) in [6.45, 7) is 3.20. The van der Waals surface area contributed by atoms with E-state index in [4.69, 9.17) is 9.47 Å². The summed E-state index contributed by atoms with van der Waals surface area (Å²) in [7, 11) is 0. The molecule has 0 aromatic heterocycles. The molecule has 3 nitrogen and oxygen atoms in total. The highest BCUT2D eigenvalue weighted by Gasteiger charge is 2.14. The van der Waals surface area contributed by atoms with E-state index >= 15 is 0 Å². The fourth-order valence-corrected chi connectivity index (χ4v) is 0.765. The van der Waals surface area contributed by atoms with Gasteiger partial charge in [0.2, 0.25) is 0 Å². The highest BCUT2D eigenvalue weighted by molar-refractivity contribution is 5.66. The van der Waals surface area contributed by atoms with Crippen LogP contribution in [0.5, 0.6) is 0 Å². The van der Waals surface area contributed by atoms with Crippen LogP contribution in [0.15, 0.2) is 24.0 Å². The fourth-order valence-electron chi connectivity index (χ4n) is 0.765. The summed E-state index contributed by atoms with van der Waals surface area (Å²) < 4.78 is 9.83. The molecule has 0 saturated heterocycles. The molecule has 1 rings (SSSR count). The molecule has 0 amide bonds. The predicted molar refractivity (Wildman–Crippen MR) is 39.5 cm³/mol. The van der Waals surface area contributed by atoms with Crippen LogP contribution >= 0.6 is 0 Å². The second-order valence-corrected chi connectivity index (χ2v) is 2.32. The minimum absolute atomic E-state index is 0.335. The summed E-state index contributed by atoms with van der Waals surface area (Å²) in [5.74, 6) is -0.335. The Hall–Kier alpha value is -1.25. The Labute approximate surface area is 65.3 Å². The second-order valence-electron chi connectivity index (χ2n) is 2.32. The number of esters is 1. The molecular weight excluding hydrogens is 144 g/mol. The number of allylic oxidation sites excluding steroid dienone is 2. The molecule has 0 spiro atoms. The monoisotopic (exact) mass is 154 g/mol. The van der Waals surface area contributed by atoms with Crippen molar-refractivity contribution in [2.24, 2.45) is 0 Å². The number of rotatable bonds is 1. The lowest BCUT2D eigenvalue weighted by molar-refractivity contribution is -0.160. The van der Waals surface area contributed by atoms with Gasteiger partial charge in [0.05, 0.1) is 6.26 Å². The van der Waals surface area contributed by atoms with Crippen molar-refractivity contribution in [3.05, 3.63) is 24.0 Å². The van der Waals surface area contributed by atoms with E-state index in [0.29, 0.717) is 0 Å². The molecule has 0 saturated carbocycles. The SMILES string of the molecule is CC(=O)OC1OC=CC=C1C. The number of carbonyl (C=O) groups excluding carboxylic acids is 1. The second kappa shape index (κ2) is 3.23. The third kappa shape index (κ3) is 2.11. The van der Waals surface area contributed by atoms with E-state index < -0.39 is 6.29 Å². The third-order valence-corrected chi connectivity index (χ3v) is 1.28.